The Bertz CT molecular complexity index is 2110. The van der Waals surface area contributed by atoms with E-state index in [2.05, 4.69) is 0 Å². The van der Waals surface area contributed by atoms with Gasteiger partial charge in [-0.3, -0.25) is 4.79 Å². The Morgan fingerprint density at radius 2 is 1.04 bits per heavy atom. The number of hydrogen-bond acceptors (Lipinski definition) is 8. The molecule has 1 aliphatic rings. The monoisotopic (exact) mass is 722 g/mol. The SMILES string of the molecule is CO[C@H]1c2c(OCc3ccccc3)cc(OCc3ccccc3)cc2O[C@H](c2ccc(OCc3ccccc3)c(OCc3ccccc3)c2)[C@@H]1OC(C)=O. The Labute approximate surface area is 315 Å². The van der Waals surface area contributed by atoms with Crippen molar-refractivity contribution in [3.05, 3.63) is 185 Å². The zero-order valence-electron chi connectivity index (χ0n) is 30.3. The Hall–Kier alpha value is -6.25. The van der Waals surface area contributed by atoms with Crippen molar-refractivity contribution in [1.29, 1.82) is 0 Å². The summed E-state index contributed by atoms with van der Waals surface area (Å²) in [6, 6.07) is 49.0. The van der Waals surface area contributed by atoms with Crippen LogP contribution in [-0.2, 0) is 40.7 Å². The van der Waals surface area contributed by atoms with Crippen LogP contribution in [0.25, 0.3) is 0 Å². The Morgan fingerprint density at radius 3 is 1.54 bits per heavy atom. The molecule has 274 valence electrons. The molecule has 0 saturated heterocycles. The van der Waals surface area contributed by atoms with Gasteiger partial charge in [-0.25, -0.2) is 0 Å². The maximum Gasteiger partial charge on any atom is 0.303 e. The fraction of sp³-hybridized carbons (Fsp3) is 0.196. The van der Waals surface area contributed by atoms with Crippen LogP contribution in [-0.4, -0.2) is 19.2 Å². The maximum atomic E-state index is 12.7. The number of esters is 1. The van der Waals surface area contributed by atoms with Crippen LogP contribution in [0.4, 0.5) is 0 Å². The minimum Gasteiger partial charge on any atom is -0.489 e. The normalized spacial score (nSPS) is 16.0. The molecule has 8 nitrogen and oxygen atoms in total. The molecule has 0 fully saturated rings. The van der Waals surface area contributed by atoms with E-state index in [-0.39, 0.29) is 0 Å². The zero-order valence-corrected chi connectivity index (χ0v) is 30.3. The summed E-state index contributed by atoms with van der Waals surface area (Å²) in [7, 11) is 1.59. The van der Waals surface area contributed by atoms with E-state index in [0.29, 0.717) is 66.3 Å². The maximum absolute atomic E-state index is 12.7. The molecule has 0 amide bonds. The van der Waals surface area contributed by atoms with Gasteiger partial charge in [-0.1, -0.05) is 127 Å². The van der Waals surface area contributed by atoms with Gasteiger partial charge in [0.15, 0.2) is 23.7 Å². The van der Waals surface area contributed by atoms with E-state index in [1.807, 2.05) is 152 Å². The number of carbonyl (C=O) groups excluding carboxylic acids is 1. The second kappa shape index (κ2) is 17.5. The average Bonchev–Trinajstić information content (AvgIpc) is 3.22. The van der Waals surface area contributed by atoms with E-state index < -0.39 is 24.3 Å². The molecule has 0 N–H and O–H groups in total. The molecule has 1 heterocycles. The summed E-state index contributed by atoms with van der Waals surface area (Å²) in [4.78, 5) is 12.7. The van der Waals surface area contributed by atoms with E-state index in [0.717, 1.165) is 22.3 Å². The first-order chi connectivity index (χ1) is 26.5. The molecule has 0 radical (unpaired) electrons. The van der Waals surface area contributed by atoms with Crippen molar-refractivity contribution in [1.82, 2.24) is 0 Å². The summed E-state index contributed by atoms with van der Waals surface area (Å²) in [6.45, 7) is 2.69. The molecule has 0 spiro atoms. The highest BCUT2D eigenvalue weighted by Crippen LogP contribution is 2.51. The minimum atomic E-state index is -0.881. The fourth-order valence-electron chi connectivity index (χ4n) is 6.39. The van der Waals surface area contributed by atoms with Crippen LogP contribution in [0.2, 0.25) is 0 Å². The molecule has 3 atom stereocenters. The highest BCUT2D eigenvalue weighted by atomic mass is 16.6. The average molecular weight is 723 g/mol. The van der Waals surface area contributed by atoms with Crippen molar-refractivity contribution in [3.63, 3.8) is 0 Å². The van der Waals surface area contributed by atoms with Crippen molar-refractivity contribution < 1.29 is 38.0 Å². The first-order valence-electron chi connectivity index (χ1n) is 17.9. The van der Waals surface area contributed by atoms with Gasteiger partial charge in [0.05, 0.1) is 5.56 Å². The van der Waals surface area contributed by atoms with Gasteiger partial charge >= 0.3 is 5.97 Å². The predicted octanol–water partition coefficient (Wildman–Crippen LogP) is 9.76. The molecule has 0 aliphatic carbocycles. The zero-order chi connectivity index (χ0) is 37.1. The molecule has 6 aromatic rings. The van der Waals surface area contributed by atoms with Crippen LogP contribution in [0.3, 0.4) is 0 Å². The summed E-state index contributed by atoms with van der Waals surface area (Å²) in [5.74, 6) is 2.14. The predicted molar refractivity (Wildman–Crippen MR) is 205 cm³/mol. The van der Waals surface area contributed by atoms with E-state index in [1.165, 1.54) is 6.92 Å². The highest BCUT2D eigenvalue weighted by molar-refractivity contribution is 5.67. The lowest BCUT2D eigenvalue weighted by Gasteiger charge is -2.39. The van der Waals surface area contributed by atoms with E-state index in [1.54, 1.807) is 7.11 Å². The Kier molecular flexibility index (Phi) is 11.7. The lowest BCUT2D eigenvalue weighted by molar-refractivity contribution is -0.167. The topological polar surface area (TPSA) is 81.7 Å². The standard InChI is InChI=1S/C46H42O8/c1-32(47)53-46-44(37-23-24-39(50-29-34-17-9-4-10-18-34)40(25-37)51-30-35-19-11-5-12-20-35)54-42-27-38(49-28-33-15-7-3-8-16-33)26-41(43(42)45(46)48-2)52-31-36-21-13-6-14-22-36/h3-27,44-46H,28-31H2,1-2H3/t44-,45+,46+/m1/s1. The summed E-state index contributed by atoms with van der Waals surface area (Å²) < 4.78 is 44.5. The second-order valence-corrected chi connectivity index (χ2v) is 12.9. The van der Waals surface area contributed by atoms with Crippen LogP contribution in [0.15, 0.2) is 152 Å². The van der Waals surface area contributed by atoms with Crippen LogP contribution in [0, 0.1) is 0 Å². The number of hydrogen-bond donors (Lipinski definition) is 0. The summed E-state index contributed by atoms with van der Waals surface area (Å²) in [5, 5.41) is 0. The summed E-state index contributed by atoms with van der Waals surface area (Å²) in [6.07, 6.45) is -2.42. The van der Waals surface area contributed by atoms with Crippen molar-refractivity contribution in [2.45, 2.75) is 51.7 Å². The molecule has 6 aromatic carbocycles. The first kappa shape index (κ1) is 36.1. The Morgan fingerprint density at radius 1 is 0.556 bits per heavy atom. The van der Waals surface area contributed by atoms with Gasteiger partial charge in [-0.2, -0.15) is 0 Å². The van der Waals surface area contributed by atoms with Gasteiger partial charge in [0.2, 0.25) is 0 Å². The molecule has 0 saturated carbocycles. The van der Waals surface area contributed by atoms with Gasteiger partial charge in [0, 0.05) is 31.7 Å². The van der Waals surface area contributed by atoms with E-state index in [4.69, 9.17) is 33.2 Å². The first-order valence-corrected chi connectivity index (χ1v) is 17.9. The highest BCUT2D eigenvalue weighted by Gasteiger charge is 2.44. The Balaban J connectivity index is 1.26. The van der Waals surface area contributed by atoms with E-state index >= 15 is 0 Å². The molecule has 8 heteroatoms. The molecule has 0 aromatic heterocycles. The van der Waals surface area contributed by atoms with Crippen LogP contribution >= 0.6 is 0 Å². The van der Waals surface area contributed by atoms with Crippen molar-refractivity contribution in [2.75, 3.05) is 7.11 Å². The van der Waals surface area contributed by atoms with Gasteiger partial charge in [0.25, 0.3) is 0 Å². The third-order valence-corrected chi connectivity index (χ3v) is 9.02. The number of ether oxygens (including phenoxy) is 7. The molecule has 54 heavy (non-hydrogen) atoms. The largest absolute Gasteiger partial charge is 0.489 e. The quantitative estimate of drug-likeness (QED) is 0.0970. The lowest BCUT2D eigenvalue weighted by atomic mass is 9.90. The van der Waals surface area contributed by atoms with Crippen molar-refractivity contribution in [2.24, 2.45) is 0 Å². The van der Waals surface area contributed by atoms with Crippen LogP contribution in [0.5, 0.6) is 28.7 Å². The van der Waals surface area contributed by atoms with Gasteiger partial charge in [0.1, 0.15) is 49.8 Å². The third-order valence-electron chi connectivity index (χ3n) is 9.02. The molecular formula is C46H42O8. The van der Waals surface area contributed by atoms with Crippen LogP contribution < -0.4 is 23.7 Å². The fourth-order valence-corrected chi connectivity index (χ4v) is 6.39. The number of carbonyl (C=O) groups is 1. The van der Waals surface area contributed by atoms with Gasteiger partial charge in [-0.05, 0) is 34.4 Å². The summed E-state index contributed by atoms with van der Waals surface area (Å²) >= 11 is 0. The lowest BCUT2D eigenvalue weighted by Crippen LogP contribution is -2.39. The number of benzene rings is 6. The van der Waals surface area contributed by atoms with Gasteiger partial charge in [-0.15, -0.1) is 0 Å². The number of rotatable bonds is 15. The smallest absolute Gasteiger partial charge is 0.303 e. The van der Waals surface area contributed by atoms with Crippen molar-refractivity contribution >= 4 is 5.97 Å². The van der Waals surface area contributed by atoms with E-state index in [9.17, 15) is 4.79 Å². The number of methoxy groups -OCH3 is 1. The molecule has 0 unspecified atom stereocenters. The minimum absolute atomic E-state index is 0.292. The van der Waals surface area contributed by atoms with Crippen molar-refractivity contribution in [3.8, 4) is 28.7 Å². The second-order valence-electron chi connectivity index (χ2n) is 12.9. The van der Waals surface area contributed by atoms with Gasteiger partial charge < -0.3 is 33.2 Å². The van der Waals surface area contributed by atoms with Crippen LogP contribution in [0.1, 0.15) is 52.5 Å². The molecule has 7 rings (SSSR count). The summed E-state index contributed by atoms with van der Waals surface area (Å²) in [5.41, 5.74) is 5.35. The third kappa shape index (κ3) is 9.03. The molecule has 0 bridgehead atoms. The number of fused-ring (bicyclic) bond motifs is 1. The molecule has 1 aliphatic heterocycles. The molecular weight excluding hydrogens is 680 g/mol.